The maximum absolute atomic E-state index is 11.5. The first-order chi connectivity index (χ1) is 12.3. The summed E-state index contributed by atoms with van der Waals surface area (Å²) in [6.07, 6.45) is 7.43. The number of piperidine rings is 1. The predicted molar refractivity (Wildman–Crippen MR) is 105 cm³/mol. The number of rotatable bonds is 6. The average Bonchev–Trinajstić information content (AvgIpc) is 3.05. The lowest BCUT2D eigenvalue weighted by atomic mass is 9.68. The molecule has 1 saturated heterocycles. The van der Waals surface area contributed by atoms with E-state index in [9.17, 15) is 9.90 Å². The van der Waals surface area contributed by atoms with Gasteiger partial charge in [0.15, 0.2) is 0 Å². The maximum Gasteiger partial charge on any atom is 0.248 e. The van der Waals surface area contributed by atoms with Crippen LogP contribution in [0.5, 0.6) is 0 Å². The number of nitrogens with zero attached hydrogens (tertiary/aromatic N) is 1. The Balaban J connectivity index is 1.57. The molecule has 1 aliphatic heterocycles. The summed E-state index contributed by atoms with van der Waals surface area (Å²) in [6, 6.07) is 7.85. The van der Waals surface area contributed by atoms with Crippen LogP contribution in [0.15, 0.2) is 24.3 Å². The number of hydrogen-bond donors (Lipinski definition) is 2. The standard InChI is InChI=1S/C22H34N2O2/c1-17-16-24(13-6-11-22(26)9-3-4-10-22)14-12-21(17,2)19-8-5-7-18(15-19)20(23)25/h5,7-8,15,17,26H,3-4,6,9-14,16H2,1-2H3,(H2,23,25)/t17-,21-/m0/s1. The van der Waals surface area contributed by atoms with Crippen molar-refractivity contribution in [3.63, 3.8) is 0 Å². The first kappa shape index (κ1) is 19.4. The smallest absolute Gasteiger partial charge is 0.248 e. The minimum absolute atomic E-state index is 0.0750. The highest BCUT2D eigenvalue weighted by Gasteiger charge is 2.38. The quantitative estimate of drug-likeness (QED) is 0.818. The minimum Gasteiger partial charge on any atom is -0.390 e. The van der Waals surface area contributed by atoms with Gasteiger partial charge in [0.25, 0.3) is 0 Å². The molecule has 4 nitrogen and oxygen atoms in total. The predicted octanol–water partition coefficient (Wildman–Crippen LogP) is 3.47. The van der Waals surface area contributed by atoms with Crippen LogP contribution in [0.3, 0.4) is 0 Å². The topological polar surface area (TPSA) is 66.6 Å². The molecule has 26 heavy (non-hydrogen) atoms. The molecule has 2 atom stereocenters. The summed E-state index contributed by atoms with van der Waals surface area (Å²) in [5, 5.41) is 10.5. The second-order valence-corrected chi connectivity index (χ2v) is 8.85. The van der Waals surface area contributed by atoms with E-state index in [1.807, 2.05) is 12.1 Å². The fourth-order valence-electron chi connectivity index (χ4n) is 4.89. The first-order valence-corrected chi connectivity index (χ1v) is 10.2. The van der Waals surface area contributed by atoms with Crippen LogP contribution in [0.1, 0.15) is 74.7 Å². The Morgan fingerprint density at radius 1 is 1.31 bits per heavy atom. The van der Waals surface area contributed by atoms with Gasteiger partial charge < -0.3 is 15.7 Å². The SMILES string of the molecule is C[C@H]1CN(CCCC2(O)CCCC2)CC[C@]1(C)c1cccc(C(N)=O)c1. The zero-order chi connectivity index (χ0) is 18.8. The third kappa shape index (κ3) is 4.12. The molecule has 0 aromatic heterocycles. The summed E-state index contributed by atoms with van der Waals surface area (Å²) in [4.78, 5) is 14.1. The number of aliphatic hydroxyl groups is 1. The van der Waals surface area contributed by atoms with Crippen molar-refractivity contribution in [2.24, 2.45) is 11.7 Å². The van der Waals surface area contributed by atoms with Gasteiger partial charge in [-0.3, -0.25) is 4.79 Å². The molecule has 1 amide bonds. The van der Waals surface area contributed by atoms with E-state index >= 15 is 0 Å². The van der Waals surface area contributed by atoms with Gasteiger partial charge in [0.1, 0.15) is 0 Å². The highest BCUT2D eigenvalue weighted by molar-refractivity contribution is 5.92. The Bertz CT molecular complexity index is 639. The molecule has 0 radical (unpaired) electrons. The fraction of sp³-hybridized carbons (Fsp3) is 0.682. The number of amides is 1. The number of benzene rings is 1. The van der Waals surface area contributed by atoms with Gasteiger partial charge in [0.2, 0.25) is 5.91 Å². The van der Waals surface area contributed by atoms with Crippen molar-refractivity contribution in [2.75, 3.05) is 19.6 Å². The molecule has 4 heteroatoms. The van der Waals surface area contributed by atoms with Crippen LogP contribution in [0.4, 0.5) is 0 Å². The van der Waals surface area contributed by atoms with Crippen molar-refractivity contribution in [1.29, 1.82) is 0 Å². The monoisotopic (exact) mass is 358 g/mol. The Labute approximate surface area is 157 Å². The van der Waals surface area contributed by atoms with E-state index in [-0.39, 0.29) is 16.9 Å². The van der Waals surface area contributed by atoms with Crippen molar-refractivity contribution >= 4 is 5.91 Å². The van der Waals surface area contributed by atoms with E-state index in [1.54, 1.807) is 6.07 Å². The van der Waals surface area contributed by atoms with E-state index in [2.05, 4.69) is 24.8 Å². The summed E-state index contributed by atoms with van der Waals surface area (Å²) in [6.45, 7) is 7.84. The average molecular weight is 359 g/mol. The second kappa shape index (κ2) is 7.69. The number of hydrogen-bond acceptors (Lipinski definition) is 3. The van der Waals surface area contributed by atoms with E-state index in [0.717, 1.165) is 51.7 Å². The molecule has 3 rings (SSSR count). The molecule has 0 bridgehead atoms. The van der Waals surface area contributed by atoms with Gasteiger partial charge in [0.05, 0.1) is 5.60 Å². The lowest BCUT2D eigenvalue weighted by Crippen LogP contribution is -2.47. The Morgan fingerprint density at radius 3 is 2.69 bits per heavy atom. The number of primary amides is 1. The van der Waals surface area contributed by atoms with Crippen molar-refractivity contribution in [1.82, 2.24) is 4.90 Å². The molecular formula is C22H34N2O2. The number of nitrogens with two attached hydrogens (primary N) is 1. The lowest BCUT2D eigenvalue weighted by Gasteiger charge is -2.45. The van der Waals surface area contributed by atoms with Crippen molar-refractivity contribution < 1.29 is 9.90 Å². The first-order valence-electron chi connectivity index (χ1n) is 10.2. The van der Waals surface area contributed by atoms with Crippen LogP contribution in [0.25, 0.3) is 0 Å². The fourth-order valence-corrected chi connectivity index (χ4v) is 4.89. The van der Waals surface area contributed by atoms with E-state index in [0.29, 0.717) is 11.5 Å². The van der Waals surface area contributed by atoms with Gasteiger partial charge in [0, 0.05) is 12.1 Å². The Hall–Kier alpha value is -1.39. The van der Waals surface area contributed by atoms with Gasteiger partial charge in [-0.25, -0.2) is 0 Å². The summed E-state index contributed by atoms with van der Waals surface area (Å²) in [7, 11) is 0. The zero-order valence-electron chi connectivity index (χ0n) is 16.3. The van der Waals surface area contributed by atoms with Crippen LogP contribution in [0.2, 0.25) is 0 Å². The normalized spacial score (nSPS) is 29.0. The van der Waals surface area contributed by atoms with Gasteiger partial charge in [-0.2, -0.15) is 0 Å². The van der Waals surface area contributed by atoms with Crippen LogP contribution in [-0.4, -0.2) is 41.1 Å². The molecular weight excluding hydrogens is 324 g/mol. The highest BCUT2D eigenvalue weighted by Crippen LogP contribution is 2.40. The molecule has 1 aromatic rings. The molecule has 0 unspecified atom stereocenters. The third-order valence-corrected chi connectivity index (χ3v) is 7.02. The number of carbonyl (C=O) groups excluding carboxylic acids is 1. The lowest BCUT2D eigenvalue weighted by molar-refractivity contribution is 0.0302. The molecule has 1 heterocycles. The van der Waals surface area contributed by atoms with E-state index in [4.69, 9.17) is 5.73 Å². The Kier molecular flexibility index (Phi) is 5.73. The second-order valence-electron chi connectivity index (χ2n) is 8.85. The minimum atomic E-state index is -0.384. The van der Waals surface area contributed by atoms with Crippen LogP contribution >= 0.6 is 0 Å². The molecule has 1 aromatic carbocycles. The van der Waals surface area contributed by atoms with Crippen molar-refractivity contribution in [3.05, 3.63) is 35.4 Å². The molecule has 2 fully saturated rings. The molecule has 1 aliphatic carbocycles. The van der Waals surface area contributed by atoms with Crippen LogP contribution in [-0.2, 0) is 5.41 Å². The zero-order valence-corrected chi connectivity index (χ0v) is 16.3. The van der Waals surface area contributed by atoms with Gasteiger partial charge in [-0.05, 0) is 74.2 Å². The molecule has 0 spiro atoms. The van der Waals surface area contributed by atoms with Crippen molar-refractivity contribution in [3.8, 4) is 0 Å². The molecule has 1 saturated carbocycles. The summed E-state index contributed by atoms with van der Waals surface area (Å²) in [5.41, 5.74) is 6.98. The van der Waals surface area contributed by atoms with Gasteiger partial charge in [-0.15, -0.1) is 0 Å². The van der Waals surface area contributed by atoms with Crippen molar-refractivity contribution in [2.45, 2.75) is 69.8 Å². The maximum atomic E-state index is 11.5. The van der Waals surface area contributed by atoms with E-state index < -0.39 is 0 Å². The highest BCUT2D eigenvalue weighted by atomic mass is 16.3. The summed E-state index contributed by atoms with van der Waals surface area (Å²) >= 11 is 0. The van der Waals surface area contributed by atoms with Crippen LogP contribution < -0.4 is 5.73 Å². The summed E-state index contributed by atoms with van der Waals surface area (Å²) < 4.78 is 0. The molecule has 144 valence electrons. The summed E-state index contributed by atoms with van der Waals surface area (Å²) in [5.74, 6) is 0.152. The van der Waals surface area contributed by atoms with E-state index in [1.165, 1.54) is 18.4 Å². The number of carbonyl (C=O) groups is 1. The number of likely N-dealkylation sites (tertiary alicyclic amines) is 1. The largest absolute Gasteiger partial charge is 0.390 e. The van der Waals surface area contributed by atoms with Gasteiger partial charge >= 0.3 is 0 Å². The van der Waals surface area contributed by atoms with Gasteiger partial charge in [-0.1, -0.05) is 38.8 Å². The third-order valence-electron chi connectivity index (χ3n) is 7.02. The molecule has 2 aliphatic rings. The Morgan fingerprint density at radius 2 is 2.04 bits per heavy atom. The van der Waals surface area contributed by atoms with Crippen LogP contribution in [0, 0.1) is 5.92 Å². The molecule has 3 N–H and O–H groups in total.